The lowest BCUT2D eigenvalue weighted by Crippen LogP contribution is -2.14. The quantitative estimate of drug-likeness (QED) is 0.367. The smallest absolute Gasteiger partial charge is 0.215 e. The molecule has 0 aromatic rings. The molecule has 0 saturated heterocycles. The van der Waals surface area contributed by atoms with E-state index < -0.39 is 5.62 Å². The molecule has 3 nitrogen and oxygen atoms in total. The van der Waals surface area contributed by atoms with E-state index in [-0.39, 0.29) is 0 Å². The van der Waals surface area contributed by atoms with Gasteiger partial charge in [-0.05, 0) is 24.6 Å². The molecule has 0 aliphatic rings. The Morgan fingerprint density at radius 1 is 1.56 bits per heavy atom. The predicted octanol–water partition coefficient (Wildman–Crippen LogP) is 3.65. The van der Waals surface area contributed by atoms with Crippen molar-refractivity contribution < 1.29 is 9.32 Å². The molecule has 0 heterocycles. The fraction of sp³-hybridized carbons (Fsp3) is 0.900. The van der Waals surface area contributed by atoms with Gasteiger partial charge in [0.2, 0.25) is 12.0 Å². The first kappa shape index (κ1) is 16.4. The fourth-order valence-electron chi connectivity index (χ4n) is 0.880. The monoisotopic (exact) mass is 283 g/mol. The number of carbonyl (C=O) groups is 1. The summed E-state index contributed by atoms with van der Waals surface area (Å²) in [5.41, 5.74) is -2.20. The molecule has 0 aromatic carbocycles. The van der Waals surface area contributed by atoms with Crippen molar-refractivity contribution in [2.24, 2.45) is 0 Å². The van der Waals surface area contributed by atoms with Crippen LogP contribution in [0.2, 0.25) is 0 Å². The van der Waals surface area contributed by atoms with Gasteiger partial charge in [-0.1, -0.05) is 38.6 Å². The first-order valence-corrected chi connectivity index (χ1v) is 9.77. The first-order chi connectivity index (χ1) is 7.50. The highest BCUT2D eigenvalue weighted by molar-refractivity contribution is 8.68. The Hall–Kier alpha value is 0.430. The van der Waals surface area contributed by atoms with Gasteiger partial charge in [0.05, 0.1) is 6.61 Å². The van der Waals surface area contributed by atoms with Crippen LogP contribution in [0.3, 0.4) is 0 Å². The molecule has 6 heteroatoms. The molecule has 0 rings (SSSR count). The van der Waals surface area contributed by atoms with Crippen molar-refractivity contribution >= 4 is 35.2 Å². The van der Waals surface area contributed by atoms with Crippen LogP contribution in [0.1, 0.15) is 40.0 Å². The zero-order chi connectivity index (χ0) is 12.6. The van der Waals surface area contributed by atoms with Gasteiger partial charge >= 0.3 is 0 Å². The fourth-order valence-corrected chi connectivity index (χ4v) is 6.79. The molecule has 0 aromatic heterocycles. The van der Waals surface area contributed by atoms with Gasteiger partial charge in [-0.25, -0.2) is 0 Å². The van der Waals surface area contributed by atoms with Gasteiger partial charge < -0.3 is 4.52 Å². The number of nitrogens with zero attached hydrogens (tertiary/aromatic N) is 1. The highest BCUT2D eigenvalue weighted by atomic mass is 32.9. The van der Waals surface area contributed by atoms with Crippen LogP contribution in [-0.4, -0.2) is 30.0 Å². The summed E-state index contributed by atoms with van der Waals surface area (Å²) in [6, 6.07) is 0. The van der Waals surface area contributed by atoms with E-state index in [1.165, 1.54) is 4.67 Å². The van der Waals surface area contributed by atoms with Gasteiger partial charge in [0.1, 0.15) is 0 Å². The van der Waals surface area contributed by atoms with Crippen LogP contribution in [0.4, 0.5) is 0 Å². The van der Waals surface area contributed by atoms with E-state index in [0.717, 1.165) is 25.7 Å². The van der Waals surface area contributed by atoms with Gasteiger partial charge in [-0.15, -0.1) is 0 Å². The number of unbranched alkanes of at least 4 members (excludes halogenated alkanes) is 1. The van der Waals surface area contributed by atoms with E-state index in [1.807, 2.05) is 0 Å². The molecule has 96 valence electrons. The van der Waals surface area contributed by atoms with Gasteiger partial charge in [-0.2, -0.15) is 0 Å². The lowest BCUT2D eigenvalue weighted by Gasteiger charge is -2.29. The zero-order valence-electron chi connectivity index (χ0n) is 10.5. The standard InChI is InChI=1S/C10H22NO2PS2/c1-5-7-8-13-14(15,11(4)9-12)16-10(3)6-2/h9-10H,5-8H2,1-4H3. The van der Waals surface area contributed by atoms with Crippen molar-refractivity contribution in [3.05, 3.63) is 0 Å². The number of carbonyl (C=O) groups excluding carboxylic acids is 1. The Balaban J connectivity index is 4.48. The van der Waals surface area contributed by atoms with E-state index >= 15 is 0 Å². The molecule has 16 heavy (non-hydrogen) atoms. The van der Waals surface area contributed by atoms with Crippen LogP contribution in [0.5, 0.6) is 0 Å². The molecule has 0 aliphatic carbocycles. The van der Waals surface area contributed by atoms with Crippen molar-refractivity contribution in [3.8, 4) is 0 Å². The third-order valence-corrected chi connectivity index (χ3v) is 9.35. The molecular formula is C10H22NO2PS2. The molecule has 0 saturated carbocycles. The summed E-state index contributed by atoms with van der Waals surface area (Å²) in [7, 11) is 1.72. The summed E-state index contributed by atoms with van der Waals surface area (Å²) in [5.74, 6) is 0. The zero-order valence-corrected chi connectivity index (χ0v) is 13.0. The molecule has 2 unspecified atom stereocenters. The van der Waals surface area contributed by atoms with Crippen molar-refractivity contribution in [1.82, 2.24) is 4.67 Å². The summed E-state index contributed by atoms with van der Waals surface area (Å²) in [6.07, 6.45) is 3.88. The minimum atomic E-state index is -2.20. The molecular weight excluding hydrogens is 261 g/mol. The molecule has 0 spiro atoms. The minimum Gasteiger partial charge on any atom is -0.326 e. The maximum Gasteiger partial charge on any atom is 0.215 e. The SMILES string of the molecule is CCCCOP(=S)(SC(C)CC)N(C)C=O. The normalized spacial score (nSPS) is 16.5. The van der Waals surface area contributed by atoms with E-state index in [1.54, 1.807) is 18.4 Å². The number of amides is 1. The second kappa shape index (κ2) is 8.51. The largest absolute Gasteiger partial charge is 0.326 e. The number of rotatable bonds is 9. The van der Waals surface area contributed by atoms with Crippen LogP contribution in [0.25, 0.3) is 0 Å². The highest BCUT2D eigenvalue weighted by Crippen LogP contribution is 2.63. The van der Waals surface area contributed by atoms with Crippen LogP contribution >= 0.6 is 17.0 Å². The summed E-state index contributed by atoms with van der Waals surface area (Å²) in [5, 5.41) is 0.426. The Morgan fingerprint density at radius 3 is 2.62 bits per heavy atom. The van der Waals surface area contributed by atoms with Crippen molar-refractivity contribution in [2.75, 3.05) is 13.7 Å². The molecule has 0 N–H and O–H groups in total. The minimum absolute atomic E-state index is 0.426. The molecule has 0 bridgehead atoms. The molecule has 1 amide bonds. The lowest BCUT2D eigenvalue weighted by molar-refractivity contribution is -0.113. The van der Waals surface area contributed by atoms with Gasteiger partial charge in [0.15, 0.2) is 0 Å². The first-order valence-electron chi connectivity index (χ1n) is 5.61. The van der Waals surface area contributed by atoms with Gasteiger partial charge in [0, 0.05) is 12.3 Å². The van der Waals surface area contributed by atoms with Crippen molar-refractivity contribution in [3.63, 3.8) is 0 Å². The Kier molecular flexibility index (Phi) is 8.74. The average molecular weight is 283 g/mol. The van der Waals surface area contributed by atoms with Crippen molar-refractivity contribution in [2.45, 2.75) is 45.3 Å². The van der Waals surface area contributed by atoms with Crippen LogP contribution in [-0.2, 0) is 21.1 Å². The van der Waals surface area contributed by atoms with E-state index in [2.05, 4.69) is 20.8 Å². The topological polar surface area (TPSA) is 29.5 Å². The van der Waals surface area contributed by atoms with Gasteiger partial charge in [0.25, 0.3) is 0 Å². The lowest BCUT2D eigenvalue weighted by atomic mass is 10.4. The highest BCUT2D eigenvalue weighted by Gasteiger charge is 2.25. The Labute approximate surface area is 108 Å². The van der Waals surface area contributed by atoms with Crippen LogP contribution in [0.15, 0.2) is 0 Å². The molecule has 0 fully saturated rings. The summed E-state index contributed by atoms with van der Waals surface area (Å²) in [6.45, 7) is 6.99. The summed E-state index contributed by atoms with van der Waals surface area (Å²) in [4.78, 5) is 10.8. The average Bonchev–Trinajstić information content (AvgIpc) is 2.28. The predicted molar refractivity (Wildman–Crippen MR) is 76.3 cm³/mol. The van der Waals surface area contributed by atoms with Crippen molar-refractivity contribution in [1.29, 1.82) is 0 Å². The number of hydrogen-bond donors (Lipinski definition) is 0. The number of hydrogen-bond acceptors (Lipinski definition) is 4. The molecule has 2 atom stereocenters. The third-order valence-electron chi connectivity index (χ3n) is 2.18. The van der Waals surface area contributed by atoms with Gasteiger partial charge in [-0.3, -0.25) is 9.46 Å². The molecule has 0 aliphatic heterocycles. The summed E-state index contributed by atoms with van der Waals surface area (Å²) >= 11 is 7.15. The van der Waals surface area contributed by atoms with E-state index in [9.17, 15) is 4.79 Å². The van der Waals surface area contributed by atoms with Crippen LogP contribution < -0.4 is 0 Å². The molecule has 0 radical (unpaired) electrons. The van der Waals surface area contributed by atoms with E-state index in [4.69, 9.17) is 16.3 Å². The maximum atomic E-state index is 10.8. The Morgan fingerprint density at radius 2 is 2.19 bits per heavy atom. The third kappa shape index (κ3) is 5.67. The second-order valence-corrected chi connectivity index (χ2v) is 10.8. The second-order valence-electron chi connectivity index (χ2n) is 3.66. The van der Waals surface area contributed by atoms with E-state index in [0.29, 0.717) is 11.9 Å². The van der Waals surface area contributed by atoms with Crippen LogP contribution in [0, 0.1) is 0 Å². The maximum absolute atomic E-state index is 10.8. The summed E-state index contributed by atoms with van der Waals surface area (Å²) < 4.78 is 7.32. The Bertz CT molecular complexity index is 251.